The third-order valence-electron chi connectivity index (χ3n) is 5.13. The molecular formula is C23H21N3O5. The van der Waals surface area contributed by atoms with Gasteiger partial charge in [-0.15, -0.1) is 0 Å². The molecule has 0 saturated heterocycles. The highest BCUT2D eigenvalue weighted by atomic mass is 16.4. The molecule has 0 aliphatic carbocycles. The van der Waals surface area contributed by atoms with Crippen LogP contribution in [0.25, 0.3) is 0 Å². The Morgan fingerprint density at radius 3 is 2.45 bits per heavy atom. The predicted molar refractivity (Wildman–Crippen MR) is 113 cm³/mol. The molecule has 0 spiro atoms. The summed E-state index contributed by atoms with van der Waals surface area (Å²) in [6.07, 6.45) is 0. The van der Waals surface area contributed by atoms with E-state index in [1.807, 2.05) is 30.3 Å². The highest BCUT2D eigenvalue weighted by Crippen LogP contribution is 2.31. The molecule has 2 N–H and O–H groups in total. The molecule has 1 aliphatic rings. The van der Waals surface area contributed by atoms with Gasteiger partial charge in [0.15, 0.2) is 5.76 Å². The summed E-state index contributed by atoms with van der Waals surface area (Å²) in [6.45, 7) is 0.877. The van der Waals surface area contributed by atoms with Crippen LogP contribution in [0.2, 0.25) is 0 Å². The fraction of sp³-hybridized carbons (Fsp3) is 0.174. The summed E-state index contributed by atoms with van der Waals surface area (Å²) >= 11 is 0. The van der Waals surface area contributed by atoms with E-state index < -0.39 is 5.97 Å². The monoisotopic (exact) mass is 419 g/mol. The smallest absolute Gasteiger partial charge is 0.335 e. The summed E-state index contributed by atoms with van der Waals surface area (Å²) in [7, 11) is 1.63. The molecular weight excluding hydrogens is 398 g/mol. The third-order valence-corrected chi connectivity index (χ3v) is 5.13. The minimum absolute atomic E-state index is 0.147. The molecule has 0 bridgehead atoms. The normalized spacial score (nSPS) is 13.1. The van der Waals surface area contributed by atoms with Gasteiger partial charge < -0.3 is 19.7 Å². The number of urea groups is 1. The van der Waals surface area contributed by atoms with Crippen molar-refractivity contribution in [1.29, 1.82) is 0 Å². The van der Waals surface area contributed by atoms with Gasteiger partial charge in [-0.2, -0.15) is 0 Å². The Hall–Kier alpha value is -4.07. The Morgan fingerprint density at radius 1 is 1.06 bits per heavy atom. The van der Waals surface area contributed by atoms with Gasteiger partial charge in [0.25, 0.3) is 5.91 Å². The van der Waals surface area contributed by atoms with Crippen molar-refractivity contribution in [2.45, 2.75) is 19.6 Å². The number of aromatic carboxylic acids is 1. The zero-order chi connectivity index (χ0) is 22.0. The molecule has 0 atom stereocenters. The van der Waals surface area contributed by atoms with Gasteiger partial charge in [0.2, 0.25) is 0 Å². The molecule has 3 aromatic rings. The Morgan fingerprint density at radius 2 is 1.77 bits per heavy atom. The van der Waals surface area contributed by atoms with Crippen molar-refractivity contribution in [3.8, 4) is 0 Å². The van der Waals surface area contributed by atoms with Crippen molar-refractivity contribution in [2.24, 2.45) is 0 Å². The van der Waals surface area contributed by atoms with E-state index in [1.54, 1.807) is 30.1 Å². The number of nitrogens with zero attached hydrogens (tertiary/aromatic N) is 2. The first-order valence-corrected chi connectivity index (χ1v) is 9.72. The molecule has 31 heavy (non-hydrogen) atoms. The average Bonchev–Trinajstić information content (AvgIpc) is 3.21. The number of carbonyl (C=O) groups excluding carboxylic acids is 2. The van der Waals surface area contributed by atoms with E-state index in [1.165, 1.54) is 17.0 Å². The van der Waals surface area contributed by atoms with Crippen LogP contribution < -0.4 is 10.2 Å². The molecule has 3 amide bonds. The van der Waals surface area contributed by atoms with Crippen molar-refractivity contribution in [1.82, 2.24) is 10.2 Å². The number of rotatable bonds is 6. The molecule has 0 saturated carbocycles. The highest BCUT2D eigenvalue weighted by molar-refractivity contribution is 5.97. The number of hydrogen-bond acceptors (Lipinski definition) is 4. The first-order valence-electron chi connectivity index (χ1n) is 9.72. The Kier molecular flexibility index (Phi) is 5.44. The van der Waals surface area contributed by atoms with Crippen LogP contribution in [0, 0.1) is 0 Å². The fourth-order valence-corrected chi connectivity index (χ4v) is 3.45. The molecule has 1 aromatic heterocycles. The summed E-state index contributed by atoms with van der Waals surface area (Å²) in [6, 6.07) is 17.3. The molecule has 2 aromatic carbocycles. The minimum atomic E-state index is -1.00. The zero-order valence-corrected chi connectivity index (χ0v) is 16.9. The predicted octanol–water partition coefficient (Wildman–Crippen LogP) is 3.48. The number of carbonyl (C=O) groups is 3. The van der Waals surface area contributed by atoms with Crippen LogP contribution in [0.1, 0.15) is 37.8 Å². The van der Waals surface area contributed by atoms with Gasteiger partial charge in [0.1, 0.15) is 5.76 Å². The number of hydrogen-bond donors (Lipinski definition) is 2. The summed E-state index contributed by atoms with van der Waals surface area (Å²) < 4.78 is 5.77. The van der Waals surface area contributed by atoms with Crippen molar-refractivity contribution in [2.75, 3.05) is 11.9 Å². The number of anilines is 1. The van der Waals surface area contributed by atoms with Gasteiger partial charge in [-0.3, -0.25) is 9.69 Å². The van der Waals surface area contributed by atoms with Crippen molar-refractivity contribution in [3.63, 3.8) is 0 Å². The lowest BCUT2D eigenvalue weighted by molar-refractivity contribution is 0.0696. The molecule has 0 radical (unpaired) electrons. The molecule has 0 fully saturated rings. The maximum Gasteiger partial charge on any atom is 0.335 e. The molecule has 8 nitrogen and oxygen atoms in total. The third kappa shape index (κ3) is 4.28. The van der Waals surface area contributed by atoms with Crippen molar-refractivity contribution >= 4 is 23.6 Å². The van der Waals surface area contributed by atoms with Gasteiger partial charge in [0.05, 0.1) is 17.8 Å². The zero-order valence-electron chi connectivity index (χ0n) is 16.9. The minimum Gasteiger partial charge on any atom is -0.478 e. The Labute approximate surface area is 178 Å². The molecule has 0 unspecified atom stereocenters. The van der Waals surface area contributed by atoms with Crippen molar-refractivity contribution in [3.05, 3.63) is 88.9 Å². The Balaban J connectivity index is 1.46. The number of furan rings is 1. The highest BCUT2D eigenvalue weighted by Gasteiger charge is 2.32. The topological polar surface area (TPSA) is 103 Å². The number of benzene rings is 2. The lowest BCUT2D eigenvalue weighted by atomic mass is 10.1. The van der Waals surface area contributed by atoms with Crippen LogP contribution in [0.15, 0.2) is 65.1 Å². The summed E-state index contributed by atoms with van der Waals surface area (Å²) in [5.41, 5.74) is 2.51. The SMILES string of the molecule is CN1C(=O)N(Cc2ccc(C(=O)O)cc2)Cc2oc(C(=O)NCc3ccccc3)cc21. The Bertz CT molecular complexity index is 1120. The average molecular weight is 419 g/mol. The maximum atomic E-state index is 12.8. The maximum absolute atomic E-state index is 12.8. The van der Waals surface area contributed by atoms with Crippen LogP contribution in [0.5, 0.6) is 0 Å². The number of carboxylic acid groups (broad SMARTS) is 1. The summed E-state index contributed by atoms with van der Waals surface area (Å²) in [5.74, 6) is -0.684. The first kappa shape index (κ1) is 20.2. The number of nitrogens with one attached hydrogen (secondary N) is 1. The molecule has 4 rings (SSSR count). The molecule has 2 heterocycles. The van der Waals surface area contributed by atoms with Crippen LogP contribution in [0.3, 0.4) is 0 Å². The fourth-order valence-electron chi connectivity index (χ4n) is 3.45. The molecule has 8 heteroatoms. The second-order valence-corrected chi connectivity index (χ2v) is 7.29. The molecule has 1 aliphatic heterocycles. The lowest BCUT2D eigenvalue weighted by Gasteiger charge is -2.32. The van der Waals surface area contributed by atoms with Crippen LogP contribution in [-0.4, -0.2) is 35.0 Å². The second-order valence-electron chi connectivity index (χ2n) is 7.29. The number of amides is 3. The number of carboxylic acids is 1. The van der Waals surface area contributed by atoms with E-state index in [0.29, 0.717) is 24.5 Å². The van der Waals surface area contributed by atoms with Crippen LogP contribution >= 0.6 is 0 Å². The standard InChI is InChI=1S/C23H21N3O5/c1-25-18-11-19(21(27)24-12-15-5-3-2-4-6-15)31-20(18)14-26(23(25)30)13-16-7-9-17(10-8-16)22(28)29/h2-11H,12-14H2,1H3,(H,24,27)(H,28,29). The van der Waals surface area contributed by atoms with Gasteiger partial charge in [0, 0.05) is 26.2 Å². The number of fused-ring (bicyclic) bond motifs is 1. The summed E-state index contributed by atoms with van der Waals surface area (Å²) in [4.78, 5) is 39.3. The quantitative estimate of drug-likeness (QED) is 0.637. The van der Waals surface area contributed by atoms with E-state index in [-0.39, 0.29) is 29.8 Å². The van der Waals surface area contributed by atoms with E-state index in [2.05, 4.69) is 5.32 Å². The van der Waals surface area contributed by atoms with Crippen LogP contribution in [0.4, 0.5) is 10.5 Å². The summed E-state index contributed by atoms with van der Waals surface area (Å²) in [5, 5.41) is 11.8. The van der Waals surface area contributed by atoms with E-state index >= 15 is 0 Å². The van der Waals surface area contributed by atoms with Gasteiger partial charge in [-0.1, -0.05) is 42.5 Å². The van der Waals surface area contributed by atoms with E-state index in [4.69, 9.17) is 9.52 Å². The van der Waals surface area contributed by atoms with E-state index in [9.17, 15) is 14.4 Å². The largest absolute Gasteiger partial charge is 0.478 e. The van der Waals surface area contributed by atoms with Gasteiger partial charge in [-0.05, 0) is 23.3 Å². The van der Waals surface area contributed by atoms with Crippen LogP contribution in [-0.2, 0) is 19.6 Å². The second kappa shape index (κ2) is 8.35. The first-order chi connectivity index (χ1) is 14.9. The van der Waals surface area contributed by atoms with Gasteiger partial charge >= 0.3 is 12.0 Å². The van der Waals surface area contributed by atoms with Gasteiger partial charge in [-0.25, -0.2) is 9.59 Å². The van der Waals surface area contributed by atoms with Crippen molar-refractivity contribution < 1.29 is 23.9 Å². The molecule has 158 valence electrons. The van der Waals surface area contributed by atoms with E-state index in [0.717, 1.165) is 11.1 Å². The lowest BCUT2D eigenvalue weighted by Crippen LogP contribution is -2.44.